The largest absolute Gasteiger partial charge is 0.508 e. The second-order valence-corrected chi connectivity index (χ2v) is 40.6. The minimum atomic E-state index is -1.63. The molecule has 0 heterocycles. The molecule has 0 saturated heterocycles. The number of carboxylic acids is 1. The maximum Gasteiger partial charge on any atom is 0.326 e. The number of amides is 17. The van der Waals surface area contributed by atoms with E-state index >= 15 is 0 Å². The fraction of sp³-hybridized carbons (Fsp3) is 0.495. The van der Waals surface area contributed by atoms with Gasteiger partial charge >= 0.3 is 5.97 Å². The Morgan fingerprint density at radius 2 is 0.547 bits per heavy atom. The monoisotopic (exact) mass is 2090 g/mol. The topological polar surface area (TPSA) is 612 Å². The summed E-state index contributed by atoms with van der Waals surface area (Å²) < 4.78 is 0. The van der Waals surface area contributed by atoms with Crippen LogP contribution < -0.4 is 96.5 Å². The number of nitrogens with two attached hydrogens (primary N) is 2. The van der Waals surface area contributed by atoms with Gasteiger partial charge in [0.1, 0.15) is 108 Å². The number of aromatic hydroxyl groups is 2. The quantitative estimate of drug-likeness (QED) is 0.0243. The Hall–Kier alpha value is -14.0. The lowest BCUT2D eigenvalue weighted by Crippen LogP contribution is -2.62. The van der Waals surface area contributed by atoms with Crippen LogP contribution in [0.1, 0.15) is 175 Å². The summed E-state index contributed by atoms with van der Waals surface area (Å²) in [5.74, 6) is -18.7. The van der Waals surface area contributed by atoms with E-state index in [4.69, 9.17) is 11.5 Å². The van der Waals surface area contributed by atoms with Crippen LogP contribution in [-0.4, -0.2) is 242 Å². The molecule has 6 rings (SSSR count). The molecule has 0 unspecified atom stereocenters. The Balaban J connectivity index is 1.16. The number of phenols is 2. The number of hydrogen-bond acceptors (Lipinski definition) is 23. The number of benzene rings is 6. The van der Waals surface area contributed by atoms with Crippen LogP contribution in [0.25, 0.3) is 0 Å². The summed E-state index contributed by atoms with van der Waals surface area (Å²) >= 11 is 5.89. The highest BCUT2D eigenvalue weighted by Gasteiger charge is 2.41. The first kappa shape index (κ1) is 123. The third-order valence-corrected chi connectivity index (χ3v) is 25.6. The average Bonchev–Trinajstić information content (AvgIpc) is 0.831. The van der Waals surface area contributed by atoms with Gasteiger partial charge in [0, 0.05) is 50.7 Å². The molecule has 148 heavy (non-hydrogen) atoms. The number of thioether (sulfide) groups is 1. The molecule has 18 atom stereocenters. The van der Waals surface area contributed by atoms with Crippen molar-refractivity contribution in [3.63, 3.8) is 0 Å². The molecule has 0 saturated carbocycles. The molecular weight excluding hydrogens is 1940 g/mol. The van der Waals surface area contributed by atoms with Crippen LogP contribution in [0.4, 0.5) is 0 Å². The third-order valence-electron chi connectivity index (χ3n) is 24.6. The van der Waals surface area contributed by atoms with Crippen LogP contribution in [0.3, 0.4) is 0 Å². The van der Waals surface area contributed by atoms with Crippen molar-refractivity contribution in [2.75, 3.05) is 17.8 Å². The van der Waals surface area contributed by atoms with Crippen molar-refractivity contribution in [1.82, 2.24) is 85.1 Å². The van der Waals surface area contributed by atoms with Gasteiger partial charge in [-0.05, 0) is 151 Å². The summed E-state index contributed by atoms with van der Waals surface area (Å²) in [6.45, 7) is 23.2. The van der Waals surface area contributed by atoms with E-state index < -0.39 is 245 Å². The molecule has 806 valence electrons. The SMILES string of the molecule is CC[C@H](C)[C@H](NC(=O)[C@H](Cc1ccc(O)cc1)NC(=O)[C@H](Cc1ccc(O)cc1)NC(=O)[C@@H](NC(=O)[C@H](C)NC(=O)[C@H](CC(C)C)NC(=O)[C@@H](NC(=O)[C@H](Cc1ccccc1)NC(=O)[C@H](CC(C)C)NC(=O)[C@H](C)NC(=O)[C@H](CCC(N)=O)NC(=O)[C@H](CS)NC(=O)[C@H](Cc1ccccc1)NC(=O)[C@H](Cc1ccccc1)NC(=O)[C@H](CC(C)C)NC(=O)[C@@H](N)CCSC)C(C)C)C(C)C)C(=O)N[C@@H](Cc1ccccc1)C(=O)O. The van der Waals surface area contributed by atoms with Crippen molar-refractivity contribution in [1.29, 1.82) is 0 Å². The van der Waals surface area contributed by atoms with Crippen molar-refractivity contribution in [3.8, 4) is 11.5 Å². The van der Waals surface area contributed by atoms with E-state index in [-0.39, 0.29) is 87.0 Å². The molecule has 6 aromatic carbocycles. The number of thiol groups is 1. The molecule has 0 fully saturated rings. The number of carbonyl (C=O) groups excluding carboxylic acids is 17. The molecule has 0 bridgehead atoms. The van der Waals surface area contributed by atoms with E-state index in [0.717, 1.165) is 0 Å². The summed E-state index contributed by atoms with van der Waals surface area (Å²) in [6.07, 6.45) is 0.783. The highest BCUT2D eigenvalue weighted by Crippen LogP contribution is 2.22. The van der Waals surface area contributed by atoms with Crippen LogP contribution >= 0.6 is 24.4 Å². The van der Waals surface area contributed by atoms with Crippen molar-refractivity contribution in [2.24, 2.45) is 47.0 Å². The van der Waals surface area contributed by atoms with Crippen LogP contribution in [0.5, 0.6) is 11.5 Å². The normalized spacial score (nSPS) is 15.0. The smallest absolute Gasteiger partial charge is 0.326 e. The molecular formula is C107H150N18O21S2. The molecule has 0 aliphatic rings. The van der Waals surface area contributed by atoms with Gasteiger partial charge in [0.15, 0.2) is 0 Å². The van der Waals surface area contributed by atoms with E-state index in [1.807, 2.05) is 20.1 Å². The first-order valence-electron chi connectivity index (χ1n) is 50.0. The Morgan fingerprint density at radius 1 is 0.297 bits per heavy atom. The maximum atomic E-state index is 15.0. The van der Waals surface area contributed by atoms with E-state index in [1.54, 1.807) is 191 Å². The van der Waals surface area contributed by atoms with Gasteiger partial charge in [-0.2, -0.15) is 24.4 Å². The predicted octanol–water partition coefficient (Wildman–Crippen LogP) is 3.51. The zero-order chi connectivity index (χ0) is 110. The van der Waals surface area contributed by atoms with Gasteiger partial charge in [-0.15, -0.1) is 0 Å². The first-order chi connectivity index (χ1) is 70.1. The van der Waals surface area contributed by atoms with Crippen LogP contribution in [0, 0.1) is 35.5 Å². The summed E-state index contributed by atoms with van der Waals surface area (Å²) in [7, 11) is 0. The number of nitrogens with one attached hydrogen (secondary N) is 16. The van der Waals surface area contributed by atoms with Gasteiger partial charge in [0.2, 0.25) is 100 Å². The fourth-order valence-electron chi connectivity index (χ4n) is 15.9. The Morgan fingerprint density at radius 3 is 0.872 bits per heavy atom. The van der Waals surface area contributed by atoms with Crippen molar-refractivity contribution >= 4 is 131 Å². The van der Waals surface area contributed by atoms with Gasteiger partial charge < -0.3 is 112 Å². The van der Waals surface area contributed by atoms with E-state index in [2.05, 4.69) is 97.7 Å². The highest BCUT2D eigenvalue weighted by atomic mass is 32.2. The summed E-state index contributed by atoms with van der Waals surface area (Å²) in [4.78, 5) is 258. The average molecular weight is 2090 g/mol. The molecule has 17 amide bonds. The Bertz CT molecular complexity index is 5390. The molecule has 23 N–H and O–H groups in total. The second-order valence-electron chi connectivity index (χ2n) is 39.3. The first-order valence-corrected chi connectivity index (χ1v) is 52.0. The van der Waals surface area contributed by atoms with Crippen molar-refractivity contribution in [2.45, 2.75) is 283 Å². The molecule has 0 radical (unpaired) electrons. The van der Waals surface area contributed by atoms with Crippen LogP contribution in [-0.2, 0) is 125 Å². The summed E-state index contributed by atoms with van der Waals surface area (Å²) in [6, 6.07) is 22.0. The number of carboxylic acid groups (broad SMARTS) is 1. The molecule has 6 aromatic rings. The Labute approximate surface area is 875 Å². The summed E-state index contributed by atoms with van der Waals surface area (Å²) in [5, 5.41) is 73.7. The van der Waals surface area contributed by atoms with E-state index in [1.165, 1.54) is 74.1 Å². The lowest BCUT2D eigenvalue weighted by molar-refractivity contribution is -0.142. The minimum absolute atomic E-state index is 0.0187. The maximum absolute atomic E-state index is 15.0. The molecule has 39 nitrogen and oxygen atoms in total. The number of hydrogen-bond donors (Lipinski definition) is 22. The molecule has 0 aliphatic heterocycles. The van der Waals surface area contributed by atoms with Gasteiger partial charge in [-0.25, -0.2) is 4.79 Å². The van der Waals surface area contributed by atoms with Crippen LogP contribution in [0.2, 0.25) is 0 Å². The van der Waals surface area contributed by atoms with E-state index in [9.17, 15) is 102 Å². The van der Waals surface area contributed by atoms with Gasteiger partial charge in [0.05, 0.1) is 6.04 Å². The van der Waals surface area contributed by atoms with Crippen molar-refractivity contribution in [3.05, 3.63) is 203 Å². The zero-order valence-electron chi connectivity index (χ0n) is 86.8. The number of carbonyl (C=O) groups is 18. The van der Waals surface area contributed by atoms with Gasteiger partial charge in [-0.1, -0.05) is 235 Å². The highest BCUT2D eigenvalue weighted by molar-refractivity contribution is 7.98. The molecule has 0 aromatic heterocycles. The van der Waals surface area contributed by atoms with Gasteiger partial charge in [-0.3, -0.25) is 81.5 Å². The number of rotatable bonds is 62. The predicted molar refractivity (Wildman–Crippen MR) is 565 cm³/mol. The fourth-order valence-corrected chi connectivity index (χ4v) is 16.7. The number of aliphatic carboxylic acids is 1. The van der Waals surface area contributed by atoms with Crippen LogP contribution in [0.15, 0.2) is 170 Å². The number of primary amides is 1. The number of phenolic OH excluding ortho intramolecular Hbond substituents is 2. The second kappa shape index (κ2) is 62.2. The molecule has 0 spiro atoms. The van der Waals surface area contributed by atoms with E-state index in [0.29, 0.717) is 52.0 Å². The molecule has 0 aliphatic carbocycles. The minimum Gasteiger partial charge on any atom is -0.508 e. The van der Waals surface area contributed by atoms with Gasteiger partial charge in [0.25, 0.3) is 0 Å². The van der Waals surface area contributed by atoms with Crippen molar-refractivity contribution < 1.29 is 102 Å². The lowest BCUT2D eigenvalue weighted by Gasteiger charge is -2.30. The molecule has 41 heteroatoms. The Kier molecular flexibility index (Phi) is 51.6. The third kappa shape index (κ3) is 42.5. The lowest BCUT2D eigenvalue weighted by atomic mass is 9.96. The zero-order valence-corrected chi connectivity index (χ0v) is 88.5. The summed E-state index contributed by atoms with van der Waals surface area (Å²) in [5.41, 5.74) is 15.0. The standard InChI is InChI=1S/C107H150N18O21S2/c1-16-64(12)90(106(144)121-85(107(145)146)57-70-35-27-20-28-36-70)125-102(140)84(56-72-39-43-74(127)44-40-72)118-99(137)82(55-71-37-41-73(126)42-38-71)120-104(142)88(62(8)9)123-92(130)66(14)111-95(133)77(49-59(2)3)119-105(143)89(63(10)11)124-101(139)83(54-69-33-25-19-26-34-69)117-96(134)78(50-60(4)5)113-91(129)65(13)110-94(132)76(45-46-87(109)128)112-103(141)86(58-147)122-100(138)81(53-68-31-23-18-24-32-68)116-98(136)80(52-67-29-21-17-22-30-67)115-97(135)79(51-61(6)7)114-93(131)75(108)47-48-148-15/h17-44,59-66,75-86,88-90,126-127,147H,16,45-58,108H2,1-15H3,(H2,109,128)(H,110,132)(H,111,133)(H,112,141)(H,113,129)(H,114,131)(H,115,135)(H,116,136)(H,117,134)(H,118,137)(H,119,143)(H,120,142)(H,121,144)(H,122,138)(H,123,130)(H,124,139)(H,125,140)(H,145,146)/t64-,65-,66-,75-,76-,77-,78-,79-,80-,81-,82-,83-,84-,85-,86-,88-,89-,90-/m0/s1.